The maximum Gasteiger partial charge on any atom is 0.311 e. The van der Waals surface area contributed by atoms with Gasteiger partial charge < -0.3 is 9.64 Å². The average Bonchev–Trinajstić information content (AvgIpc) is 2.62. The van der Waals surface area contributed by atoms with Crippen LogP contribution in [0.15, 0.2) is 12.1 Å². The van der Waals surface area contributed by atoms with E-state index < -0.39 is 4.92 Å². The fourth-order valence-corrected chi connectivity index (χ4v) is 2.70. The normalized spacial score (nSPS) is 16.1. The van der Waals surface area contributed by atoms with Crippen LogP contribution in [0.4, 0.5) is 5.69 Å². The highest BCUT2D eigenvalue weighted by Gasteiger charge is 2.27. The molecule has 1 heterocycles. The predicted octanol–water partition coefficient (Wildman–Crippen LogP) is 2.16. The van der Waals surface area contributed by atoms with Crippen molar-refractivity contribution in [1.82, 2.24) is 4.90 Å². The number of carbonyl (C=O) groups is 1. The van der Waals surface area contributed by atoms with Crippen LogP contribution in [0.25, 0.3) is 0 Å². The molecule has 1 unspecified atom stereocenters. The molecule has 0 spiro atoms. The van der Waals surface area contributed by atoms with Crippen molar-refractivity contribution in [1.29, 1.82) is 0 Å². The van der Waals surface area contributed by atoms with Crippen LogP contribution >= 0.6 is 11.6 Å². The zero-order chi connectivity index (χ0) is 15.6. The third-order valence-corrected chi connectivity index (χ3v) is 4.18. The van der Waals surface area contributed by atoms with Gasteiger partial charge in [-0.25, -0.2) is 0 Å². The number of benzene rings is 1. The van der Waals surface area contributed by atoms with Gasteiger partial charge in [-0.15, -0.1) is 11.6 Å². The molecule has 7 heteroatoms. The molecule has 114 valence electrons. The van der Waals surface area contributed by atoms with Crippen molar-refractivity contribution in [3.05, 3.63) is 33.4 Å². The Bertz CT molecular complexity index is 576. The molecular formula is C14H17ClN2O4. The molecule has 1 aliphatic heterocycles. The number of fused-ring (bicyclic) bond motifs is 1. The number of hydrogen-bond donors (Lipinski definition) is 0. The Hall–Kier alpha value is -1.82. The van der Waals surface area contributed by atoms with Crippen molar-refractivity contribution in [2.75, 3.05) is 19.5 Å². The van der Waals surface area contributed by atoms with Gasteiger partial charge in [0, 0.05) is 24.5 Å². The van der Waals surface area contributed by atoms with Crippen molar-refractivity contribution in [3.8, 4) is 5.75 Å². The zero-order valence-corrected chi connectivity index (χ0v) is 12.7. The topological polar surface area (TPSA) is 72.7 Å². The number of nitrogens with zero attached hydrogens (tertiary/aromatic N) is 2. The largest absolute Gasteiger partial charge is 0.490 e. The molecule has 0 aromatic heterocycles. The number of nitro groups is 1. The summed E-state index contributed by atoms with van der Waals surface area (Å²) in [5, 5.41) is 11.1. The summed E-state index contributed by atoms with van der Waals surface area (Å²) < 4.78 is 5.06. The maximum absolute atomic E-state index is 12.3. The molecule has 0 radical (unpaired) electrons. The third-order valence-electron chi connectivity index (χ3n) is 3.74. The van der Waals surface area contributed by atoms with Crippen LogP contribution in [0, 0.1) is 10.1 Å². The third kappa shape index (κ3) is 3.10. The highest BCUT2D eigenvalue weighted by atomic mass is 35.5. The molecule has 1 atom stereocenters. The van der Waals surface area contributed by atoms with E-state index in [-0.39, 0.29) is 29.8 Å². The number of amides is 1. The zero-order valence-electron chi connectivity index (χ0n) is 12.0. The Balaban J connectivity index is 2.39. The summed E-state index contributed by atoms with van der Waals surface area (Å²) in [6, 6.07) is 3.06. The minimum absolute atomic E-state index is 0.0159. The van der Waals surface area contributed by atoms with Gasteiger partial charge in [-0.05, 0) is 30.5 Å². The molecule has 1 aromatic rings. The summed E-state index contributed by atoms with van der Waals surface area (Å²) in [5.74, 6) is 0.536. The first-order valence-electron chi connectivity index (χ1n) is 6.67. The van der Waals surface area contributed by atoms with Crippen LogP contribution < -0.4 is 4.74 Å². The second kappa shape index (κ2) is 6.30. The molecule has 0 aliphatic carbocycles. The van der Waals surface area contributed by atoms with Crippen LogP contribution in [0.3, 0.4) is 0 Å². The van der Waals surface area contributed by atoms with E-state index in [1.807, 2.05) is 6.92 Å². The van der Waals surface area contributed by atoms with E-state index in [0.29, 0.717) is 18.8 Å². The van der Waals surface area contributed by atoms with Gasteiger partial charge in [0.15, 0.2) is 5.75 Å². The minimum atomic E-state index is -0.467. The van der Waals surface area contributed by atoms with Gasteiger partial charge in [0.1, 0.15) is 0 Å². The first-order valence-corrected chi connectivity index (χ1v) is 7.21. The Kier molecular flexibility index (Phi) is 4.67. The number of alkyl halides is 1. The standard InChI is InChI=1S/C14H17ClN2O4/c1-9(8-15)16-4-3-10-5-12(17(19)20)13(21-2)6-11(10)7-14(16)18/h5-6,9H,3-4,7-8H2,1-2H3. The fourth-order valence-electron chi connectivity index (χ4n) is 2.54. The molecule has 1 amide bonds. The Morgan fingerprint density at radius 2 is 2.19 bits per heavy atom. The van der Waals surface area contributed by atoms with E-state index in [4.69, 9.17) is 16.3 Å². The molecule has 0 saturated heterocycles. The van der Waals surface area contributed by atoms with Gasteiger partial charge in [-0.1, -0.05) is 0 Å². The van der Waals surface area contributed by atoms with E-state index in [1.165, 1.54) is 13.2 Å². The summed E-state index contributed by atoms with van der Waals surface area (Å²) in [5.41, 5.74) is 1.54. The monoisotopic (exact) mass is 312 g/mol. The van der Waals surface area contributed by atoms with Gasteiger partial charge in [0.25, 0.3) is 0 Å². The lowest BCUT2D eigenvalue weighted by Gasteiger charge is -2.26. The van der Waals surface area contributed by atoms with Crippen LogP contribution in [-0.4, -0.2) is 41.3 Å². The first kappa shape index (κ1) is 15.6. The van der Waals surface area contributed by atoms with E-state index in [0.717, 1.165) is 11.1 Å². The van der Waals surface area contributed by atoms with Crippen LogP contribution in [-0.2, 0) is 17.6 Å². The summed E-state index contributed by atoms with van der Waals surface area (Å²) in [6.45, 7) is 2.41. The van der Waals surface area contributed by atoms with Gasteiger partial charge >= 0.3 is 5.69 Å². The van der Waals surface area contributed by atoms with Crippen molar-refractivity contribution in [2.45, 2.75) is 25.8 Å². The molecular weight excluding hydrogens is 296 g/mol. The lowest BCUT2D eigenvalue weighted by molar-refractivity contribution is -0.385. The van der Waals surface area contributed by atoms with Crippen LogP contribution in [0.1, 0.15) is 18.1 Å². The summed E-state index contributed by atoms with van der Waals surface area (Å²) >= 11 is 5.83. The Morgan fingerprint density at radius 3 is 2.76 bits per heavy atom. The van der Waals surface area contributed by atoms with Crippen molar-refractivity contribution in [3.63, 3.8) is 0 Å². The molecule has 0 fully saturated rings. The quantitative estimate of drug-likeness (QED) is 0.485. The molecule has 1 aliphatic rings. The van der Waals surface area contributed by atoms with Crippen molar-refractivity contribution >= 4 is 23.2 Å². The maximum atomic E-state index is 12.3. The summed E-state index contributed by atoms with van der Waals surface area (Å²) in [7, 11) is 1.38. The molecule has 0 N–H and O–H groups in total. The SMILES string of the molecule is COc1cc2c(cc1[N+](=O)[O-])CCN(C(C)CCl)C(=O)C2. The number of halogens is 1. The highest BCUT2D eigenvalue weighted by molar-refractivity contribution is 6.18. The summed E-state index contributed by atoms with van der Waals surface area (Å²) in [6.07, 6.45) is 0.790. The second-order valence-electron chi connectivity index (χ2n) is 5.07. The van der Waals surface area contributed by atoms with Gasteiger partial charge in [-0.2, -0.15) is 0 Å². The molecule has 0 saturated carbocycles. The molecule has 0 bridgehead atoms. The lowest BCUT2D eigenvalue weighted by Crippen LogP contribution is -2.40. The molecule has 6 nitrogen and oxygen atoms in total. The van der Waals surface area contributed by atoms with Crippen molar-refractivity contribution < 1.29 is 14.5 Å². The molecule has 21 heavy (non-hydrogen) atoms. The Labute approximate surface area is 127 Å². The van der Waals surface area contributed by atoms with Crippen molar-refractivity contribution in [2.24, 2.45) is 0 Å². The van der Waals surface area contributed by atoms with E-state index in [2.05, 4.69) is 0 Å². The van der Waals surface area contributed by atoms with Gasteiger partial charge in [0.2, 0.25) is 5.91 Å². The molecule has 2 rings (SSSR count). The summed E-state index contributed by atoms with van der Waals surface area (Å²) in [4.78, 5) is 24.6. The van der Waals surface area contributed by atoms with E-state index >= 15 is 0 Å². The minimum Gasteiger partial charge on any atom is -0.490 e. The lowest BCUT2D eigenvalue weighted by atomic mass is 10.0. The van der Waals surface area contributed by atoms with E-state index in [1.54, 1.807) is 11.0 Å². The van der Waals surface area contributed by atoms with Gasteiger partial charge in [0.05, 0.1) is 18.5 Å². The number of nitro benzene ring substituents is 1. The van der Waals surface area contributed by atoms with Crippen LogP contribution in [0.2, 0.25) is 0 Å². The number of ether oxygens (including phenoxy) is 1. The van der Waals surface area contributed by atoms with Gasteiger partial charge in [-0.3, -0.25) is 14.9 Å². The predicted molar refractivity (Wildman–Crippen MR) is 79.0 cm³/mol. The number of methoxy groups -OCH3 is 1. The fraction of sp³-hybridized carbons (Fsp3) is 0.500. The van der Waals surface area contributed by atoms with Crippen LogP contribution in [0.5, 0.6) is 5.75 Å². The molecule has 1 aromatic carbocycles. The number of carbonyl (C=O) groups excluding carboxylic acids is 1. The van der Waals surface area contributed by atoms with E-state index in [9.17, 15) is 14.9 Å². The number of rotatable bonds is 4. The smallest absolute Gasteiger partial charge is 0.311 e. The highest BCUT2D eigenvalue weighted by Crippen LogP contribution is 2.32. The number of hydrogen-bond acceptors (Lipinski definition) is 4. The average molecular weight is 313 g/mol. The Morgan fingerprint density at radius 1 is 1.48 bits per heavy atom. The second-order valence-corrected chi connectivity index (χ2v) is 5.38. The first-order chi connectivity index (χ1) is 9.97.